The number of nitrogens with zero attached hydrogens (tertiary/aromatic N) is 5. The smallest absolute Gasteiger partial charge is 0.226 e. The van der Waals surface area contributed by atoms with Crippen molar-refractivity contribution in [3.05, 3.63) is 24.2 Å². The number of carbonyl (C=O) groups is 1. The van der Waals surface area contributed by atoms with Crippen molar-refractivity contribution in [2.24, 2.45) is 0 Å². The Morgan fingerprint density at radius 2 is 2.00 bits per heavy atom. The Balaban J connectivity index is 1.61. The molecule has 128 valence electrons. The van der Waals surface area contributed by atoms with Crippen molar-refractivity contribution in [2.45, 2.75) is 33.1 Å². The van der Waals surface area contributed by atoms with Gasteiger partial charge in [-0.2, -0.15) is 4.98 Å². The number of rotatable bonds is 5. The molecule has 3 rings (SSSR count). The van der Waals surface area contributed by atoms with E-state index in [9.17, 15) is 4.79 Å². The summed E-state index contributed by atoms with van der Waals surface area (Å²) in [5.41, 5.74) is 0.846. The van der Waals surface area contributed by atoms with Crippen molar-refractivity contribution in [3.63, 3.8) is 0 Å². The summed E-state index contributed by atoms with van der Waals surface area (Å²) in [7, 11) is 0. The monoisotopic (exact) mass is 329 g/mol. The molecule has 1 aliphatic rings. The lowest BCUT2D eigenvalue weighted by molar-refractivity contribution is -0.131. The fraction of sp³-hybridized carbons (Fsp3) is 0.529. The van der Waals surface area contributed by atoms with Crippen molar-refractivity contribution >= 4 is 11.7 Å². The maximum Gasteiger partial charge on any atom is 0.226 e. The van der Waals surface area contributed by atoms with Crippen LogP contribution in [0.1, 0.15) is 32.6 Å². The van der Waals surface area contributed by atoms with Crippen molar-refractivity contribution in [2.75, 3.05) is 31.1 Å². The second-order valence-corrected chi connectivity index (χ2v) is 5.89. The van der Waals surface area contributed by atoms with Gasteiger partial charge in [0.2, 0.25) is 17.6 Å². The summed E-state index contributed by atoms with van der Waals surface area (Å²) in [6, 6.07) is 3.93. The molecule has 0 aromatic carbocycles. The molecule has 0 atom stereocenters. The highest BCUT2D eigenvalue weighted by molar-refractivity contribution is 5.76. The van der Waals surface area contributed by atoms with Crippen LogP contribution in [0.15, 0.2) is 22.9 Å². The lowest BCUT2D eigenvalue weighted by Gasteiger charge is -2.35. The van der Waals surface area contributed by atoms with Gasteiger partial charge in [-0.3, -0.25) is 4.79 Å². The van der Waals surface area contributed by atoms with Gasteiger partial charge in [0, 0.05) is 50.8 Å². The Hall–Kier alpha value is -2.44. The fourth-order valence-corrected chi connectivity index (χ4v) is 2.78. The standard InChI is InChI=1S/C17H23N5O2/c1-3-5-16(23)22-10-8-21(9-11-22)14-7-6-13(12-18-14)17-19-15(4-2)24-20-17/h6-7,12H,3-5,8-11H2,1-2H3. The molecule has 2 aromatic heterocycles. The van der Waals surface area contributed by atoms with Gasteiger partial charge in [0.15, 0.2) is 0 Å². The van der Waals surface area contributed by atoms with Crippen LogP contribution in [0.3, 0.4) is 0 Å². The van der Waals surface area contributed by atoms with Crippen molar-refractivity contribution < 1.29 is 9.32 Å². The van der Waals surface area contributed by atoms with E-state index in [-0.39, 0.29) is 5.91 Å². The summed E-state index contributed by atoms with van der Waals surface area (Å²) >= 11 is 0. The van der Waals surface area contributed by atoms with Crippen LogP contribution in [0.4, 0.5) is 5.82 Å². The summed E-state index contributed by atoms with van der Waals surface area (Å²) in [6.07, 6.45) is 4.03. The molecule has 7 nitrogen and oxygen atoms in total. The number of anilines is 1. The Morgan fingerprint density at radius 3 is 2.58 bits per heavy atom. The number of piperazine rings is 1. The number of amides is 1. The maximum absolute atomic E-state index is 11.9. The molecule has 1 amide bonds. The average molecular weight is 329 g/mol. The molecular formula is C17H23N5O2. The summed E-state index contributed by atoms with van der Waals surface area (Å²) in [5.74, 6) is 2.37. The Morgan fingerprint density at radius 1 is 1.21 bits per heavy atom. The molecule has 0 bridgehead atoms. The van der Waals surface area contributed by atoms with E-state index >= 15 is 0 Å². The molecule has 0 aliphatic carbocycles. The van der Waals surface area contributed by atoms with E-state index in [0.29, 0.717) is 18.1 Å². The minimum atomic E-state index is 0.254. The van der Waals surface area contributed by atoms with E-state index in [0.717, 1.165) is 50.4 Å². The Bertz CT molecular complexity index is 675. The predicted molar refractivity (Wildman–Crippen MR) is 90.6 cm³/mol. The number of hydrogen-bond acceptors (Lipinski definition) is 6. The largest absolute Gasteiger partial charge is 0.353 e. The number of pyridine rings is 1. The predicted octanol–water partition coefficient (Wildman–Crippen LogP) is 2.14. The first-order valence-corrected chi connectivity index (χ1v) is 8.53. The average Bonchev–Trinajstić information content (AvgIpc) is 3.11. The lowest BCUT2D eigenvalue weighted by Crippen LogP contribution is -2.49. The molecule has 0 N–H and O–H groups in total. The quantitative estimate of drug-likeness (QED) is 0.836. The Kier molecular flexibility index (Phi) is 5.08. The van der Waals surface area contributed by atoms with Crippen molar-refractivity contribution in [1.29, 1.82) is 0 Å². The van der Waals surface area contributed by atoms with Gasteiger partial charge in [-0.25, -0.2) is 4.98 Å². The molecule has 1 fully saturated rings. The first-order valence-electron chi connectivity index (χ1n) is 8.53. The van der Waals surface area contributed by atoms with Gasteiger partial charge in [0.05, 0.1) is 0 Å². The van der Waals surface area contributed by atoms with Gasteiger partial charge < -0.3 is 14.3 Å². The van der Waals surface area contributed by atoms with Crippen molar-refractivity contribution in [3.8, 4) is 11.4 Å². The summed E-state index contributed by atoms with van der Waals surface area (Å²) < 4.78 is 5.13. The normalized spacial score (nSPS) is 14.9. The highest BCUT2D eigenvalue weighted by Gasteiger charge is 2.21. The maximum atomic E-state index is 11.9. The van der Waals surface area contributed by atoms with Crippen LogP contribution in [0.5, 0.6) is 0 Å². The molecule has 1 aliphatic heterocycles. The summed E-state index contributed by atoms with van der Waals surface area (Å²) in [6.45, 7) is 7.14. The van der Waals surface area contributed by atoms with Crippen LogP contribution in [-0.4, -0.2) is 52.1 Å². The summed E-state index contributed by atoms with van der Waals surface area (Å²) in [5, 5.41) is 3.96. The van der Waals surface area contributed by atoms with Crippen LogP contribution >= 0.6 is 0 Å². The van der Waals surface area contributed by atoms with Gasteiger partial charge in [-0.15, -0.1) is 0 Å². The fourth-order valence-electron chi connectivity index (χ4n) is 2.78. The van der Waals surface area contributed by atoms with E-state index in [4.69, 9.17) is 4.52 Å². The van der Waals surface area contributed by atoms with E-state index < -0.39 is 0 Å². The zero-order chi connectivity index (χ0) is 16.9. The van der Waals surface area contributed by atoms with E-state index in [2.05, 4.69) is 20.0 Å². The second kappa shape index (κ2) is 7.42. The third kappa shape index (κ3) is 3.55. The minimum Gasteiger partial charge on any atom is -0.353 e. The van der Waals surface area contributed by atoms with Crippen LogP contribution in [0.25, 0.3) is 11.4 Å². The zero-order valence-corrected chi connectivity index (χ0v) is 14.2. The van der Waals surface area contributed by atoms with Gasteiger partial charge in [0.25, 0.3) is 0 Å². The molecule has 24 heavy (non-hydrogen) atoms. The molecule has 3 heterocycles. The third-order valence-corrected chi connectivity index (χ3v) is 4.20. The lowest BCUT2D eigenvalue weighted by atomic mass is 10.2. The molecule has 0 saturated carbocycles. The van der Waals surface area contributed by atoms with E-state index in [1.165, 1.54) is 0 Å². The van der Waals surface area contributed by atoms with Gasteiger partial charge >= 0.3 is 0 Å². The first-order chi connectivity index (χ1) is 11.7. The first kappa shape index (κ1) is 16.4. The third-order valence-electron chi connectivity index (χ3n) is 4.20. The van der Waals surface area contributed by atoms with Crippen LogP contribution in [0, 0.1) is 0 Å². The molecule has 2 aromatic rings. The Labute approximate surface area is 141 Å². The second-order valence-electron chi connectivity index (χ2n) is 5.89. The molecule has 0 unspecified atom stereocenters. The van der Waals surface area contributed by atoms with Gasteiger partial charge in [-0.05, 0) is 18.6 Å². The van der Waals surface area contributed by atoms with Gasteiger partial charge in [0.1, 0.15) is 5.82 Å². The highest BCUT2D eigenvalue weighted by Crippen LogP contribution is 2.20. The summed E-state index contributed by atoms with van der Waals surface area (Å²) in [4.78, 5) is 24.9. The number of aryl methyl sites for hydroxylation is 1. The van der Waals surface area contributed by atoms with Crippen LogP contribution in [0.2, 0.25) is 0 Å². The number of aromatic nitrogens is 3. The van der Waals surface area contributed by atoms with E-state index in [1.807, 2.05) is 30.9 Å². The SMILES string of the molecule is CCCC(=O)N1CCN(c2ccc(-c3noc(CC)n3)cn2)CC1. The molecule has 0 spiro atoms. The molecule has 7 heteroatoms. The minimum absolute atomic E-state index is 0.254. The number of carbonyl (C=O) groups excluding carboxylic acids is 1. The topological polar surface area (TPSA) is 75.4 Å². The molecular weight excluding hydrogens is 306 g/mol. The van der Waals surface area contributed by atoms with Crippen LogP contribution in [-0.2, 0) is 11.2 Å². The zero-order valence-electron chi connectivity index (χ0n) is 14.2. The highest BCUT2D eigenvalue weighted by atomic mass is 16.5. The van der Waals surface area contributed by atoms with E-state index in [1.54, 1.807) is 6.20 Å². The molecule has 0 radical (unpaired) electrons. The van der Waals surface area contributed by atoms with Crippen LogP contribution < -0.4 is 4.90 Å². The van der Waals surface area contributed by atoms with Gasteiger partial charge in [-0.1, -0.05) is 19.0 Å². The number of hydrogen-bond donors (Lipinski definition) is 0. The molecule has 1 saturated heterocycles. The van der Waals surface area contributed by atoms with Crippen molar-refractivity contribution in [1.82, 2.24) is 20.0 Å².